The van der Waals surface area contributed by atoms with E-state index in [1.54, 1.807) is 18.6 Å². The molecule has 1 aliphatic heterocycles. The quantitative estimate of drug-likeness (QED) is 0.787. The van der Waals surface area contributed by atoms with Crippen LogP contribution in [0.2, 0.25) is 0 Å². The summed E-state index contributed by atoms with van der Waals surface area (Å²) in [5, 5.41) is 3.56. The zero-order chi connectivity index (χ0) is 12.6. The minimum absolute atomic E-state index is 0.0398. The molecule has 1 aromatic heterocycles. The molecule has 1 saturated heterocycles. The summed E-state index contributed by atoms with van der Waals surface area (Å²) in [5.74, 6) is 0. The Labute approximate surface area is 109 Å². The second-order valence-electron chi connectivity index (χ2n) is 4.93. The van der Waals surface area contributed by atoms with Crippen molar-refractivity contribution < 1.29 is 4.74 Å². The van der Waals surface area contributed by atoms with Gasteiger partial charge in [0.2, 0.25) is 0 Å². The number of ether oxygens (including phenoxy) is 1. The van der Waals surface area contributed by atoms with Crippen LogP contribution in [-0.4, -0.2) is 29.2 Å². The maximum atomic E-state index is 5.79. The van der Waals surface area contributed by atoms with Crippen LogP contribution in [0.15, 0.2) is 18.6 Å². The molecule has 1 N–H and O–H groups in total. The van der Waals surface area contributed by atoms with Gasteiger partial charge in [0.1, 0.15) is 0 Å². The molecule has 18 heavy (non-hydrogen) atoms. The molecule has 0 spiro atoms. The first-order valence-electron chi connectivity index (χ1n) is 6.97. The molecule has 1 aliphatic rings. The van der Waals surface area contributed by atoms with Crippen LogP contribution in [0.4, 0.5) is 0 Å². The minimum atomic E-state index is 0.0398. The molecule has 0 bridgehead atoms. The number of rotatable bonds is 6. The van der Waals surface area contributed by atoms with Crippen LogP contribution < -0.4 is 5.32 Å². The topological polar surface area (TPSA) is 47.0 Å². The minimum Gasteiger partial charge on any atom is -0.372 e. The van der Waals surface area contributed by atoms with Gasteiger partial charge in [-0.15, -0.1) is 0 Å². The Kier molecular flexibility index (Phi) is 5.55. The Hall–Kier alpha value is -1.00. The number of hydrogen-bond acceptors (Lipinski definition) is 4. The zero-order valence-electron chi connectivity index (χ0n) is 11.1. The van der Waals surface area contributed by atoms with E-state index >= 15 is 0 Å². The predicted molar refractivity (Wildman–Crippen MR) is 71.3 cm³/mol. The first-order chi connectivity index (χ1) is 8.86. The molecule has 1 aromatic rings. The summed E-state index contributed by atoms with van der Waals surface area (Å²) in [6.07, 6.45) is 11.6. The van der Waals surface area contributed by atoms with Gasteiger partial charge < -0.3 is 10.1 Å². The Morgan fingerprint density at radius 3 is 3.11 bits per heavy atom. The summed E-state index contributed by atoms with van der Waals surface area (Å²) in [4.78, 5) is 8.30. The first-order valence-corrected chi connectivity index (χ1v) is 6.97. The van der Waals surface area contributed by atoms with E-state index < -0.39 is 0 Å². The lowest BCUT2D eigenvalue weighted by atomic mass is 10.0. The molecule has 0 radical (unpaired) electrons. The SMILES string of the molecule is C[C@H](OCCC[C@@H]1CCCCN1)c1cnccn1. The summed E-state index contributed by atoms with van der Waals surface area (Å²) in [6.45, 7) is 4.01. The van der Waals surface area contributed by atoms with Gasteiger partial charge in [0, 0.05) is 25.0 Å². The smallest absolute Gasteiger partial charge is 0.0982 e. The van der Waals surface area contributed by atoms with Gasteiger partial charge in [0.15, 0.2) is 0 Å². The van der Waals surface area contributed by atoms with Gasteiger partial charge in [-0.2, -0.15) is 0 Å². The third kappa shape index (κ3) is 4.35. The Morgan fingerprint density at radius 1 is 1.44 bits per heavy atom. The molecule has 4 nitrogen and oxygen atoms in total. The molecule has 4 heteroatoms. The number of hydrogen-bond donors (Lipinski definition) is 1. The van der Waals surface area contributed by atoms with Gasteiger partial charge in [0.25, 0.3) is 0 Å². The van der Waals surface area contributed by atoms with Gasteiger partial charge in [-0.25, -0.2) is 0 Å². The largest absolute Gasteiger partial charge is 0.372 e. The average molecular weight is 249 g/mol. The van der Waals surface area contributed by atoms with Gasteiger partial charge in [-0.05, 0) is 39.2 Å². The van der Waals surface area contributed by atoms with Crippen LogP contribution in [-0.2, 0) is 4.74 Å². The monoisotopic (exact) mass is 249 g/mol. The molecule has 0 saturated carbocycles. The highest BCUT2D eigenvalue weighted by Gasteiger charge is 2.12. The van der Waals surface area contributed by atoms with E-state index in [1.165, 1.54) is 32.2 Å². The predicted octanol–water partition coefficient (Wildman–Crippen LogP) is 2.48. The van der Waals surface area contributed by atoms with Crippen LogP contribution >= 0.6 is 0 Å². The fourth-order valence-corrected chi connectivity index (χ4v) is 2.37. The Bertz CT molecular complexity index is 325. The fourth-order valence-electron chi connectivity index (χ4n) is 2.37. The molecule has 100 valence electrons. The maximum Gasteiger partial charge on any atom is 0.0982 e. The first kappa shape index (κ1) is 13.4. The number of aromatic nitrogens is 2. The van der Waals surface area contributed by atoms with Gasteiger partial charge in [-0.1, -0.05) is 6.42 Å². The molecular formula is C14H23N3O. The lowest BCUT2D eigenvalue weighted by Crippen LogP contribution is -2.34. The zero-order valence-corrected chi connectivity index (χ0v) is 11.1. The van der Waals surface area contributed by atoms with Crippen molar-refractivity contribution in [1.29, 1.82) is 0 Å². The Balaban J connectivity index is 1.60. The van der Waals surface area contributed by atoms with Crippen LogP contribution in [0.5, 0.6) is 0 Å². The van der Waals surface area contributed by atoms with Crippen LogP contribution in [0.25, 0.3) is 0 Å². The third-order valence-corrected chi connectivity index (χ3v) is 3.48. The highest BCUT2D eigenvalue weighted by Crippen LogP contribution is 2.15. The summed E-state index contributed by atoms with van der Waals surface area (Å²) >= 11 is 0. The second kappa shape index (κ2) is 7.44. The van der Waals surface area contributed by atoms with Crippen molar-refractivity contribution in [2.45, 2.75) is 51.2 Å². The van der Waals surface area contributed by atoms with Crippen LogP contribution in [0.3, 0.4) is 0 Å². The fraction of sp³-hybridized carbons (Fsp3) is 0.714. The lowest BCUT2D eigenvalue weighted by Gasteiger charge is -2.23. The number of piperidine rings is 1. The summed E-state index contributed by atoms with van der Waals surface area (Å²) in [7, 11) is 0. The van der Waals surface area contributed by atoms with E-state index in [0.717, 1.165) is 18.7 Å². The summed E-state index contributed by atoms with van der Waals surface area (Å²) < 4.78 is 5.79. The molecule has 0 unspecified atom stereocenters. The highest BCUT2D eigenvalue weighted by atomic mass is 16.5. The van der Waals surface area contributed by atoms with Crippen molar-refractivity contribution in [3.05, 3.63) is 24.3 Å². The van der Waals surface area contributed by atoms with Crippen molar-refractivity contribution >= 4 is 0 Å². The van der Waals surface area contributed by atoms with Gasteiger partial charge >= 0.3 is 0 Å². The standard InChI is InChI=1S/C14H23N3O/c1-12(14-11-15-8-9-17-14)18-10-4-6-13-5-2-3-7-16-13/h8-9,11-13,16H,2-7,10H2,1H3/t12-,13-/m0/s1. The molecule has 0 aliphatic carbocycles. The molecule has 0 aromatic carbocycles. The molecule has 0 amide bonds. The number of nitrogens with one attached hydrogen (secondary N) is 1. The van der Waals surface area contributed by atoms with Gasteiger partial charge in [-0.3, -0.25) is 9.97 Å². The van der Waals surface area contributed by atoms with E-state index in [1.807, 2.05) is 6.92 Å². The molecule has 2 heterocycles. The molecular weight excluding hydrogens is 226 g/mol. The average Bonchev–Trinajstić information content (AvgIpc) is 2.45. The normalized spacial score (nSPS) is 21.7. The van der Waals surface area contributed by atoms with Crippen LogP contribution in [0, 0.1) is 0 Å². The highest BCUT2D eigenvalue weighted by molar-refractivity contribution is 4.97. The van der Waals surface area contributed by atoms with Gasteiger partial charge in [0.05, 0.1) is 18.0 Å². The Morgan fingerprint density at radius 2 is 2.39 bits per heavy atom. The maximum absolute atomic E-state index is 5.79. The van der Waals surface area contributed by atoms with Crippen molar-refractivity contribution in [3.63, 3.8) is 0 Å². The third-order valence-electron chi connectivity index (χ3n) is 3.48. The van der Waals surface area contributed by atoms with Crippen molar-refractivity contribution in [2.24, 2.45) is 0 Å². The van der Waals surface area contributed by atoms with E-state index in [9.17, 15) is 0 Å². The van der Waals surface area contributed by atoms with Crippen molar-refractivity contribution in [3.8, 4) is 0 Å². The van der Waals surface area contributed by atoms with E-state index in [-0.39, 0.29) is 6.10 Å². The molecule has 2 atom stereocenters. The number of nitrogens with zero attached hydrogens (tertiary/aromatic N) is 2. The summed E-state index contributed by atoms with van der Waals surface area (Å²) in [5.41, 5.74) is 0.910. The van der Waals surface area contributed by atoms with Crippen molar-refractivity contribution in [2.75, 3.05) is 13.2 Å². The van der Waals surface area contributed by atoms with Crippen LogP contribution in [0.1, 0.15) is 50.8 Å². The van der Waals surface area contributed by atoms with E-state index in [2.05, 4.69) is 15.3 Å². The van der Waals surface area contributed by atoms with E-state index in [0.29, 0.717) is 6.04 Å². The van der Waals surface area contributed by atoms with Crippen molar-refractivity contribution in [1.82, 2.24) is 15.3 Å². The lowest BCUT2D eigenvalue weighted by molar-refractivity contribution is 0.0582. The molecule has 1 fully saturated rings. The van der Waals surface area contributed by atoms with E-state index in [4.69, 9.17) is 4.74 Å². The molecule has 2 rings (SSSR count). The second-order valence-corrected chi connectivity index (χ2v) is 4.93. The summed E-state index contributed by atoms with van der Waals surface area (Å²) in [6, 6.07) is 0.703.